The van der Waals surface area contributed by atoms with Gasteiger partial charge in [-0.2, -0.15) is 0 Å². The number of hydrogen-bond donors (Lipinski definition) is 0. The average Bonchev–Trinajstić information content (AvgIpc) is 2.98. The first kappa shape index (κ1) is 16.3. The number of ether oxygens (including phenoxy) is 1. The Hall–Kier alpha value is -2.18. The van der Waals surface area contributed by atoms with Crippen molar-refractivity contribution in [2.45, 2.75) is 4.90 Å². The summed E-state index contributed by atoms with van der Waals surface area (Å²) in [6.45, 7) is 4.36. The van der Waals surface area contributed by atoms with E-state index in [1.165, 1.54) is 0 Å². The van der Waals surface area contributed by atoms with Gasteiger partial charge in [-0.15, -0.1) is 0 Å². The van der Waals surface area contributed by atoms with Crippen molar-refractivity contribution in [3.05, 3.63) is 48.5 Å². The molecule has 1 saturated heterocycles. The third-order valence-corrected chi connectivity index (χ3v) is 6.07. The van der Waals surface area contributed by atoms with Crippen LogP contribution in [0, 0.1) is 0 Å². The molecule has 2 aliphatic rings. The third-order valence-electron chi connectivity index (χ3n) is 4.68. The van der Waals surface area contributed by atoms with Gasteiger partial charge in [0, 0.05) is 32.7 Å². The van der Waals surface area contributed by atoms with Gasteiger partial charge in [0.1, 0.15) is 21.6 Å². The summed E-state index contributed by atoms with van der Waals surface area (Å²) in [4.78, 5) is 10.1. The monoisotopic (exact) mass is 355 g/mol. The number of hydrogen-bond acceptors (Lipinski definition) is 5. The van der Waals surface area contributed by atoms with Crippen LogP contribution in [0.1, 0.15) is 0 Å². The predicted molar refractivity (Wildman–Crippen MR) is 102 cm³/mol. The van der Waals surface area contributed by atoms with E-state index in [9.17, 15) is 4.21 Å². The summed E-state index contributed by atoms with van der Waals surface area (Å²) in [5.41, 5.74) is 1.99. The summed E-state index contributed by atoms with van der Waals surface area (Å²) < 4.78 is 18.0. The lowest BCUT2D eigenvalue weighted by Gasteiger charge is -2.36. The van der Waals surface area contributed by atoms with Gasteiger partial charge in [0.25, 0.3) is 0 Å². The molecule has 2 aromatic rings. The highest BCUT2D eigenvalue weighted by Crippen LogP contribution is 2.31. The van der Waals surface area contributed by atoms with Crippen LogP contribution in [0.15, 0.2) is 58.4 Å². The minimum Gasteiger partial charge on any atom is -0.495 e. The fraction of sp³-hybridized carbons (Fsp3) is 0.316. The van der Waals surface area contributed by atoms with Gasteiger partial charge >= 0.3 is 0 Å². The van der Waals surface area contributed by atoms with Crippen molar-refractivity contribution < 1.29 is 8.95 Å². The molecule has 1 unspecified atom stereocenters. The van der Waals surface area contributed by atoms with Crippen molar-refractivity contribution in [3.8, 4) is 5.75 Å². The molecule has 0 aromatic heterocycles. The molecule has 0 N–H and O–H groups in total. The summed E-state index contributed by atoms with van der Waals surface area (Å²) >= 11 is 0. The number of anilines is 1. The Labute approximate surface area is 150 Å². The molecular weight excluding hydrogens is 334 g/mol. The van der Waals surface area contributed by atoms with Crippen LogP contribution in [0.4, 0.5) is 11.4 Å². The minimum atomic E-state index is -1.11. The molecule has 1 atom stereocenters. The molecule has 0 bridgehead atoms. The second kappa shape index (κ2) is 6.98. The van der Waals surface area contributed by atoms with E-state index < -0.39 is 10.8 Å². The number of fused-ring (bicyclic) bond motifs is 1. The van der Waals surface area contributed by atoms with E-state index in [0.717, 1.165) is 53.2 Å². The second-order valence-corrected chi connectivity index (χ2v) is 7.63. The maximum Gasteiger partial charge on any atom is 0.142 e. The van der Waals surface area contributed by atoms with E-state index in [-0.39, 0.29) is 0 Å². The highest BCUT2D eigenvalue weighted by atomic mass is 32.2. The Morgan fingerprint density at radius 2 is 1.76 bits per heavy atom. The number of rotatable bonds is 4. The van der Waals surface area contributed by atoms with Crippen LogP contribution in [0.3, 0.4) is 0 Å². The molecule has 0 radical (unpaired) electrons. The normalized spacial score (nSPS) is 20.3. The van der Waals surface area contributed by atoms with Gasteiger partial charge in [-0.3, -0.25) is 4.90 Å². The lowest BCUT2D eigenvalue weighted by atomic mass is 10.2. The number of aliphatic imine (C=N–C) groups is 1. The number of methoxy groups -OCH3 is 1. The minimum absolute atomic E-state index is 0.668. The van der Waals surface area contributed by atoms with Crippen LogP contribution >= 0.6 is 0 Å². The molecule has 130 valence electrons. The summed E-state index contributed by atoms with van der Waals surface area (Å²) in [6, 6.07) is 15.8. The molecule has 0 amide bonds. The zero-order valence-electron chi connectivity index (χ0n) is 14.2. The number of piperazine rings is 1. The van der Waals surface area contributed by atoms with Gasteiger partial charge in [-0.05, 0) is 24.3 Å². The maximum atomic E-state index is 12.6. The maximum absolute atomic E-state index is 12.6. The van der Waals surface area contributed by atoms with Gasteiger partial charge in [0.05, 0.1) is 23.4 Å². The Balaban J connectivity index is 1.40. The Bertz CT molecular complexity index is 829. The molecule has 6 heteroatoms. The predicted octanol–water partition coefficient (Wildman–Crippen LogP) is 2.67. The van der Waals surface area contributed by atoms with Gasteiger partial charge in [0.2, 0.25) is 0 Å². The first-order chi connectivity index (χ1) is 12.3. The van der Waals surface area contributed by atoms with Crippen LogP contribution in [0.2, 0.25) is 0 Å². The zero-order valence-corrected chi connectivity index (χ0v) is 15.0. The fourth-order valence-electron chi connectivity index (χ4n) is 3.33. The van der Waals surface area contributed by atoms with E-state index in [1.807, 2.05) is 42.5 Å². The molecule has 25 heavy (non-hydrogen) atoms. The molecule has 5 nitrogen and oxygen atoms in total. The van der Waals surface area contributed by atoms with Gasteiger partial charge < -0.3 is 9.64 Å². The second-order valence-electron chi connectivity index (χ2n) is 6.18. The third kappa shape index (κ3) is 3.19. The van der Waals surface area contributed by atoms with Crippen LogP contribution in [-0.4, -0.2) is 54.0 Å². The Kier molecular flexibility index (Phi) is 4.55. The highest BCUT2D eigenvalue weighted by Gasteiger charge is 2.26. The van der Waals surface area contributed by atoms with Crippen molar-refractivity contribution in [2.24, 2.45) is 4.99 Å². The van der Waals surface area contributed by atoms with Crippen LogP contribution in [0.25, 0.3) is 0 Å². The summed E-state index contributed by atoms with van der Waals surface area (Å²) in [6.07, 6.45) is 0. The topological polar surface area (TPSA) is 45.1 Å². The van der Waals surface area contributed by atoms with Gasteiger partial charge in [-0.1, -0.05) is 24.3 Å². The molecular formula is C19H21N3O2S. The summed E-state index contributed by atoms with van der Waals surface area (Å²) in [5.74, 6) is 0.910. The number of para-hydroxylation sites is 3. The van der Waals surface area contributed by atoms with Crippen LogP contribution < -0.4 is 9.64 Å². The van der Waals surface area contributed by atoms with E-state index in [0.29, 0.717) is 6.54 Å². The number of nitrogens with zero attached hydrogens (tertiary/aromatic N) is 3. The van der Waals surface area contributed by atoms with E-state index in [4.69, 9.17) is 4.74 Å². The Morgan fingerprint density at radius 1 is 1.04 bits per heavy atom. The van der Waals surface area contributed by atoms with Crippen molar-refractivity contribution in [1.29, 1.82) is 0 Å². The summed E-state index contributed by atoms with van der Waals surface area (Å²) in [5, 5.41) is 0.770. The quantitative estimate of drug-likeness (QED) is 0.846. The van der Waals surface area contributed by atoms with E-state index in [1.54, 1.807) is 7.11 Å². The molecule has 0 aliphatic carbocycles. The smallest absolute Gasteiger partial charge is 0.142 e. The summed E-state index contributed by atoms with van der Waals surface area (Å²) in [7, 11) is 0.596. The first-order valence-corrected chi connectivity index (χ1v) is 9.60. The molecule has 0 spiro atoms. The van der Waals surface area contributed by atoms with Crippen LogP contribution in [-0.2, 0) is 10.8 Å². The standard InChI is InChI=1S/C19H21N3O2S/c1-24-17-8-4-3-7-16(17)22-12-10-21(11-13-22)14-19-20-15-6-2-5-9-18(15)25(19)23/h2-9H,10-14H2,1H3. The number of benzene rings is 2. The molecule has 0 saturated carbocycles. The average molecular weight is 355 g/mol. The van der Waals surface area contributed by atoms with Crippen LogP contribution in [0.5, 0.6) is 5.75 Å². The van der Waals surface area contributed by atoms with Crippen molar-refractivity contribution >= 4 is 27.2 Å². The molecule has 2 aromatic carbocycles. The van der Waals surface area contributed by atoms with Gasteiger partial charge in [-0.25, -0.2) is 9.20 Å². The zero-order chi connectivity index (χ0) is 17.2. The lowest BCUT2D eigenvalue weighted by Crippen LogP contribution is -2.48. The van der Waals surface area contributed by atoms with Crippen molar-refractivity contribution in [1.82, 2.24) is 4.90 Å². The Morgan fingerprint density at radius 3 is 2.52 bits per heavy atom. The van der Waals surface area contributed by atoms with E-state index in [2.05, 4.69) is 20.9 Å². The molecule has 4 rings (SSSR count). The molecule has 1 fully saturated rings. The van der Waals surface area contributed by atoms with E-state index >= 15 is 0 Å². The highest BCUT2D eigenvalue weighted by molar-refractivity contribution is 8.01. The molecule has 2 heterocycles. The largest absolute Gasteiger partial charge is 0.495 e. The lowest BCUT2D eigenvalue weighted by molar-refractivity contribution is 0.291. The van der Waals surface area contributed by atoms with Crippen molar-refractivity contribution in [3.63, 3.8) is 0 Å². The molecule has 2 aliphatic heterocycles. The van der Waals surface area contributed by atoms with Gasteiger partial charge in [0.15, 0.2) is 0 Å². The SMILES string of the molecule is COc1ccccc1N1CCN(CC2=Nc3ccccc3S2=O)CC1. The van der Waals surface area contributed by atoms with Crippen molar-refractivity contribution in [2.75, 3.05) is 44.7 Å². The fourth-order valence-corrected chi connectivity index (χ4v) is 4.57. The first-order valence-electron chi connectivity index (χ1n) is 8.45.